The molecule has 21 heavy (non-hydrogen) atoms. The summed E-state index contributed by atoms with van der Waals surface area (Å²) in [5.41, 5.74) is 1.31. The maximum atomic E-state index is 6.04. The molecule has 2 heterocycles. The van der Waals surface area contributed by atoms with E-state index in [-0.39, 0.29) is 6.10 Å². The lowest BCUT2D eigenvalue weighted by Crippen LogP contribution is -2.48. The standard InChI is InChI=1S/C18H28N2O/c1-16-15-21-18(17-8-4-2-5-9-17)14-20(16)13-12-19-10-6-3-7-11-19/h2,4-5,8-9,16,18H,3,6-7,10-15H2,1H3/t16-,18-/m0/s1. The van der Waals surface area contributed by atoms with Gasteiger partial charge in [0.2, 0.25) is 0 Å². The molecule has 0 aromatic heterocycles. The Labute approximate surface area is 128 Å². The molecule has 0 aliphatic carbocycles. The van der Waals surface area contributed by atoms with Crippen LogP contribution in [-0.4, -0.2) is 55.2 Å². The normalized spacial score (nSPS) is 28.6. The van der Waals surface area contributed by atoms with Gasteiger partial charge in [-0.1, -0.05) is 36.8 Å². The van der Waals surface area contributed by atoms with Crippen molar-refractivity contribution in [3.63, 3.8) is 0 Å². The monoisotopic (exact) mass is 288 g/mol. The lowest BCUT2D eigenvalue weighted by atomic mass is 10.1. The quantitative estimate of drug-likeness (QED) is 0.847. The summed E-state index contributed by atoms with van der Waals surface area (Å²) in [7, 11) is 0. The first-order valence-corrected chi connectivity index (χ1v) is 8.46. The van der Waals surface area contributed by atoms with Crippen LogP contribution in [0.2, 0.25) is 0 Å². The summed E-state index contributed by atoms with van der Waals surface area (Å²) in [5.74, 6) is 0. The van der Waals surface area contributed by atoms with Crippen molar-refractivity contribution in [3.8, 4) is 0 Å². The van der Waals surface area contributed by atoms with Gasteiger partial charge >= 0.3 is 0 Å². The third-order valence-corrected chi connectivity index (χ3v) is 4.89. The number of piperidine rings is 1. The molecule has 3 heteroatoms. The number of hydrogen-bond acceptors (Lipinski definition) is 3. The van der Waals surface area contributed by atoms with Crippen molar-refractivity contribution in [1.82, 2.24) is 9.80 Å². The third-order valence-electron chi connectivity index (χ3n) is 4.89. The van der Waals surface area contributed by atoms with E-state index in [9.17, 15) is 0 Å². The molecule has 1 aromatic rings. The summed E-state index contributed by atoms with van der Waals surface area (Å²) in [6.45, 7) is 9.14. The lowest BCUT2D eigenvalue weighted by Gasteiger charge is -2.39. The fourth-order valence-electron chi connectivity index (χ4n) is 3.44. The number of hydrogen-bond donors (Lipinski definition) is 0. The number of ether oxygens (including phenoxy) is 1. The molecule has 0 N–H and O–H groups in total. The highest BCUT2D eigenvalue weighted by Gasteiger charge is 2.27. The predicted molar refractivity (Wildman–Crippen MR) is 86.5 cm³/mol. The van der Waals surface area contributed by atoms with E-state index in [4.69, 9.17) is 4.74 Å². The van der Waals surface area contributed by atoms with Crippen LogP contribution in [0.4, 0.5) is 0 Å². The van der Waals surface area contributed by atoms with E-state index in [0.29, 0.717) is 6.04 Å². The highest BCUT2D eigenvalue weighted by molar-refractivity contribution is 5.18. The van der Waals surface area contributed by atoms with Crippen molar-refractivity contribution in [2.45, 2.75) is 38.3 Å². The van der Waals surface area contributed by atoms with Gasteiger partial charge in [0.25, 0.3) is 0 Å². The second-order valence-electron chi connectivity index (χ2n) is 6.48. The number of rotatable bonds is 4. The largest absolute Gasteiger partial charge is 0.371 e. The SMILES string of the molecule is C[C@H]1CO[C@H](c2ccccc2)CN1CCN1CCCCC1. The molecule has 0 radical (unpaired) electrons. The number of benzene rings is 1. The maximum Gasteiger partial charge on any atom is 0.0952 e. The van der Waals surface area contributed by atoms with E-state index in [1.165, 1.54) is 51.0 Å². The molecule has 2 saturated heterocycles. The van der Waals surface area contributed by atoms with E-state index in [2.05, 4.69) is 47.1 Å². The molecule has 0 amide bonds. The topological polar surface area (TPSA) is 15.7 Å². The Bertz CT molecular complexity index is 416. The van der Waals surface area contributed by atoms with Gasteiger partial charge in [0.15, 0.2) is 0 Å². The molecule has 0 unspecified atom stereocenters. The van der Waals surface area contributed by atoms with Gasteiger partial charge in [-0.15, -0.1) is 0 Å². The number of likely N-dealkylation sites (tertiary alicyclic amines) is 1. The average molecular weight is 288 g/mol. The summed E-state index contributed by atoms with van der Waals surface area (Å²) in [6, 6.07) is 11.2. The molecule has 3 nitrogen and oxygen atoms in total. The van der Waals surface area contributed by atoms with Gasteiger partial charge in [-0.3, -0.25) is 4.90 Å². The van der Waals surface area contributed by atoms with Crippen LogP contribution >= 0.6 is 0 Å². The van der Waals surface area contributed by atoms with Crippen LogP contribution in [0.1, 0.15) is 37.9 Å². The van der Waals surface area contributed by atoms with Gasteiger partial charge in [0, 0.05) is 25.7 Å². The van der Waals surface area contributed by atoms with Gasteiger partial charge < -0.3 is 9.64 Å². The third kappa shape index (κ3) is 4.06. The van der Waals surface area contributed by atoms with Gasteiger partial charge in [-0.2, -0.15) is 0 Å². The smallest absolute Gasteiger partial charge is 0.0952 e. The second kappa shape index (κ2) is 7.39. The van der Waals surface area contributed by atoms with E-state index >= 15 is 0 Å². The summed E-state index contributed by atoms with van der Waals surface area (Å²) in [6.07, 6.45) is 4.42. The van der Waals surface area contributed by atoms with Gasteiger partial charge in [-0.25, -0.2) is 0 Å². The van der Waals surface area contributed by atoms with Crippen LogP contribution in [-0.2, 0) is 4.74 Å². The van der Waals surface area contributed by atoms with Crippen LogP contribution in [0.15, 0.2) is 30.3 Å². The van der Waals surface area contributed by atoms with Crippen LogP contribution in [0.3, 0.4) is 0 Å². The minimum absolute atomic E-state index is 0.240. The Balaban J connectivity index is 1.53. The van der Waals surface area contributed by atoms with Crippen molar-refractivity contribution in [2.24, 2.45) is 0 Å². The van der Waals surface area contributed by atoms with E-state index in [1.807, 2.05) is 0 Å². The fourth-order valence-corrected chi connectivity index (χ4v) is 3.44. The van der Waals surface area contributed by atoms with E-state index in [1.54, 1.807) is 0 Å². The molecular formula is C18H28N2O. The highest BCUT2D eigenvalue weighted by Crippen LogP contribution is 2.24. The molecule has 116 valence electrons. The highest BCUT2D eigenvalue weighted by atomic mass is 16.5. The maximum absolute atomic E-state index is 6.04. The second-order valence-corrected chi connectivity index (χ2v) is 6.48. The summed E-state index contributed by atoms with van der Waals surface area (Å²) < 4.78 is 6.04. The minimum atomic E-state index is 0.240. The number of morpholine rings is 1. The molecule has 0 bridgehead atoms. The molecule has 1 aromatic carbocycles. The molecule has 0 spiro atoms. The molecule has 3 rings (SSSR count). The van der Waals surface area contributed by atoms with Crippen molar-refractivity contribution in [2.75, 3.05) is 39.3 Å². The first-order chi connectivity index (χ1) is 10.3. The van der Waals surface area contributed by atoms with Gasteiger partial charge in [0.1, 0.15) is 0 Å². The van der Waals surface area contributed by atoms with Crippen LogP contribution in [0, 0.1) is 0 Å². The lowest BCUT2D eigenvalue weighted by molar-refractivity contribution is -0.0622. The Morgan fingerprint density at radius 1 is 1.05 bits per heavy atom. The van der Waals surface area contributed by atoms with Crippen LogP contribution in [0.5, 0.6) is 0 Å². The van der Waals surface area contributed by atoms with E-state index < -0.39 is 0 Å². The first-order valence-electron chi connectivity index (χ1n) is 8.46. The summed E-state index contributed by atoms with van der Waals surface area (Å²) >= 11 is 0. The molecule has 2 fully saturated rings. The Hall–Kier alpha value is -0.900. The van der Waals surface area contributed by atoms with Crippen molar-refractivity contribution >= 4 is 0 Å². The molecule has 2 atom stereocenters. The van der Waals surface area contributed by atoms with Crippen molar-refractivity contribution in [1.29, 1.82) is 0 Å². The van der Waals surface area contributed by atoms with Gasteiger partial charge in [0.05, 0.1) is 12.7 Å². The van der Waals surface area contributed by atoms with E-state index in [0.717, 1.165) is 13.2 Å². The van der Waals surface area contributed by atoms with Gasteiger partial charge in [-0.05, 0) is 38.4 Å². The molecule has 0 saturated carbocycles. The summed E-state index contributed by atoms with van der Waals surface area (Å²) in [5, 5.41) is 0. The fraction of sp³-hybridized carbons (Fsp3) is 0.667. The molecule has 2 aliphatic rings. The zero-order chi connectivity index (χ0) is 14.5. The van der Waals surface area contributed by atoms with Crippen molar-refractivity contribution < 1.29 is 4.74 Å². The Kier molecular flexibility index (Phi) is 5.28. The molecule has 2 aliphatic heterocycles. The first kappa shape index (κ1) is 15.0. The zero-order valence-corrected chi connectivity index (χ0v) is 13.2. The van der Waals surface area contributed by atoms with Crippen LogP contribution < -0.4 is 0 Å². The predicted octanol–water partition coefficient (Wildman–Crippen LogP) is 2.93. The Morgan fingerprint density at radius 2 is 1.81 bits per heavy atom. The number of nitrogens with zero attached hydrogens (tertiary/aromatic N) is 2. The average Bonchev–Trinajstić information content (AvgIpc) is 2.56. The van der Waals surface area contributed by atoms with Crippen molar-refractivity contribution in [3.05, 3.63) is 35.9 Å². The molecular weight excluding hydrogens is 260 g/mol. The zero-order valence-electron chi connectivity index (χ0n) is 13.2. The minimum Gasteiger partial charge on any atom is -0.371 e. The Morgan fingerprint density at radius 3 is 2.57 bits per heavy atom. The van der Waals surface area contributed by atoms with Crippen LogP contribution in [0.25, 0.3) is 0 Å². The summed E-state index contributed by atoms with van der Waals surface area (Å²) in [4.78, 5) is 5.24.